The van der Waals surface area contributed by atoms with E-state index in [1.807, 2.05) is 48.5 Å². The van der Waals surface area contributed by atoms with Crippen LogP contribution in [0.3, 0.4) is 0 Å². The van der Waals surface area contributed by atoms with Crippen LogP contribution in [0.15, 0.2) is 97.1 Å². The Kier molecular flexibility index (Phi) is 17.3. The Morgan fingerprint density at radius 2 is 0.849 bits per heavy atom. The third-order valence-electron chi connectivity index (χ3n) is 13.0. The number of aromatic nitrogens is 4. The van der Waals surface area contributed by atoms with Gasteiger partial charge in [0.25, 0.3) is 17.7 Å². The van der Waals surface area contributed by atoms with E-state index in [4.69, 9.17) is 19.9 Å². The fourth-order valence-electron chi connectivity index (χ4n) is 9.38. The average Bonchev–Trinajstić information content (AvgIpc) is 3.99. The van der Waals surface area contributed by atoms with Gasteiger partial charge in [-0.2, -0.15) is 10.2 Å². The summed E-state index contributed by atoms with van der Waals surface area (Å²) in [6.45, 7) is 4.16. The molecule has 2 N–H and O–H groups in total. The molecule has 0 saturated carbocycles. The number of nitrogens with two attached hydrogens (primary N) is 1. The van der Waals surface area contributed by atoms with Crippen LogP contribution in [0.1, 0.15) is 121 Å². The second-order valence-corrected chi connectivity index (χ2v) is 17.1. The smallest absolute Gasteiger partial charge is 0.359 e. The highest BCUT2D eigenvalue weighted by atomic mass is 16.5. The summed E-state index contributed by atoms with van der Waals surface area (Å²) in [5.41, 5.74) is 12.0. The molecule has 6 aromatic rings. The number of ether oxygens (including phenoxy) is 3. The molecule has 18 nitrogen and oxygen atoms in total. The number of rotatable bonds is 11. The van der Waals surface area contributed by atoms with Gasteiger partial charge in [0, 0.05) is 72.9 Å². The number of benzene rings is 4. The molecule has 73 heavy (non-hydrogen) atoms. The van der Waals surface area contributed by atoms with Crippen LogP contribution in [-0.4, -0.2) is 102 Å². The zero-order chi connectivity index (χ0) is 49.1. The van der Waals surface area contributed by atoms with Gasteiger partial charge in [-0.1, -0.05) is 22.3 Å². The van der Waals surface area contributed by atoms with Gasteiger partial charge in [0.05, 0.1) is 32.2 Å². The summed E-state index contributed by atoms with van der Waals surface area (Å²) in [5, 5.41) is 8.90. The molecule has 6 heterocycles. The van der Waals surface area contributed by atoms with E-state index in [1.165, 1.54) is 9.36 Å². The summed E-state index contributed by atoms with van der Waals surface area (Å²) in [7, 11) is 3.15. The maximum absolute atomic E-state index is 13.8. The zero-order valence-electron chi connectivity index (χ0n) is 39.3. The molecule has 0 unspecified atom stereocenters. The lowest BCUT2D eigenvalue weighted by atomic mass is 10.0. The highest BCUT2D eigenvalue weighted by molar-refractivity contribution is 6.10. The van der Waals surface area contributed by atoms with Crippen molar-refractivity contribution in [2.45, 2.75) is 80.6 Å². The molecule has 4 aliphatic rings. The van der Waals surface area contributed by atoms with Crippen molar-refractivity contribution < 1.29 is 43.0 Å². The van der Waals surface area contributed by atoms with Crippen LogP contribution in [0.2, 0.25) is 0 Å². The molecule has 0 radical (unpaired) electrons. The molecular weight excluding hydrogens is 931 g/mol. The van der Waals surface area contributed by atoms with E-state index in [9.17, 15) is 28.8 Å². The zero-order valence-corrected chi connectivity index (χ0v) is 39.3. The highest BCUT2D eigenvalue weighted by Crippen LogP contribution is 2.34. The summed E-state index contributed by atoms with van der Waals surface area (Å²) in [6, 6.07) is 29.1. The van der Waals surface area contributed by atoms with Gasteiger partial charge >= 0.3 is 5.97 Å². The van der Waals surface area contributed by atoms with E-state index >= 15 is 0 Å². The molecule has 0 bridgehead atoms. The molecular formula is C55H65N9O9. The molecule has 4 aliphatic heterocycles. The van der Waals surface area contributed by atoms with Crippen molar-refractivity contribution in [3.05, 3.63) is 131 Å². The quantitative estimate of drug-likeness (QED) is 0.122. The van der Waals surface area contributed by atoms with E-state index in [-0.39, 0.29) is 63.9 Å². The number of anilines is 4. The van der Waals surface area contributed by atoms with Crippen molar-refractivity contribution >= 4 is 58.3 Å². The monoisotopic (exact) mass is 995 g/mol. The van der Waals surface area contributed by atoms with Crippen LogP contribution in [-0.2, 0) is 27.2 Å². The Morgan fingerprint density at radius 3 is 1.21 bits per heavy atom. The van der Waals surface area contributed by atoms with Gasteiger partial charge in [0.2, 0.25) is 11.8 Å². The Morgan fingerprint density at radius 1 is 0.493 bits per heavy atom. The van der Waals surface area contributed by atoms with Gasteiger partial charge in [-0.3, -0.25) is 24.0 Å². The lowest BCUT2D eigenvalue weighted by Crippen LogP contribution is -2.39. The third-order valence-corrected chi connectivity index (χ3v) is 13.0. The second-order valence-electron chi connectivity index (χ2n) is 17.1. The average molecular weight is 996 g/mol. The van der Waals surface area contributed by atoms with Crippen LogP contribution in [0.5, 0.6) is 11.5 Å². The molecule has 0 aliphatic carbocycles. The summed E-state index contributed by atoms with van der Waals surface area (Å²) in [4.78, 5) is 83.6. The molecule has 0 spiro atoms. The van der Waals surface area contributed by atoms with Crippen LogP contribution in [0.4, 0.5) is 22.7 Å². The minimum absolute atomic E-state index is 0. The topological polar surface area (TPSA) is 205 Å². The van der Waals surface area contributed by atoms with Crippen molar-refractivity contribution in [1.82, 2.24) is 19.6 Å². The number of carbonyl (C=O) groups is 6. The van der Waals surface area contributed by atoms with Crippen molar-refractivity contribution in [3.8, 4) is 22.9 Å². The van der Waals surface area contributed by atoms with E-state index in [0.29, 0.717) is 103 Å². The molecule has 10 rings (SSSR count). The Balaban J connectivity index is 0.000000229. The molecule has 5 amide bonds. The Bertz CT molecular complexity index is 2960. The summed E-state index contributed by atoms with van der Waals surface area (Å²) < 4.78 is 18.7. The minimum atomic E-state index is -0.666. The third kappa shape index (κ3) is 10.7. The first-order valence-electron chi connectivity index (χ1n) is 23.4. The summed E-state index contributed by atoms with van der Waals surface area (Å²) in [6.07, 6.45) is 5.85. The number of hydrogen-bond acceptors (Lipinski definition) is 11. The Labute approximate surface area is 426 Å². The van der Waals surface area contributed by atoms with Gasteiger partial charge < -0.3 is 39.5 Å². The molecule has 384 valence electrons. The number of carbonyl (C=O) groups excluding carboxylic acids is 6. The fourth-order valence-corrected chi connectivity index (χ4v) is 9.38. The van der Waals surface area contributed by atoms with E-state index in [2.05, 4.69) is 10.2 Å². The van der Waals surface area contributed by atoms with Gasteiger partial charge in [0.1, 0.15) is 22.9 Å². The number of hydrogen-bond donors (Lipinski definition) is 1. The maximum atomic E-state index is 13.8. The number of fused-ring (bicyclic) bond motifs is 2. The number of amides is 5. The minimum Gasteiger partial charge on any atom is -0.497 e. The summed E-state index contributed by atoms with van der Waals surface area (Å²) in [5.74, 6) is -0.137. The maximum Gasteiger partial charge on any atom is 0.359 e. The predicted molar refractivity (Wildman–Crippen MR) is 281 cm³/mol. The van der Waals surface area contributed by atoms with Gasteiger partial charge in [0.15, 0.2) is 11.4 Å². The highest BCUT2D eigenvalue weighted by Gasteiger charge is 2.37. The lowest BCUT2D eigenvalue weighted by molar-refractivity contribution is -0.120. The van der Waals surface area contributed by atoms with Crippen molar-refractivity contribution in [1.29, 1.82) is 0 Å². The summed E-state index contributed by atoms with van der Waals surface area (Å²) >= 11 is 0. The lowest BCUT2D eigenvalue weighted by Gasteiger charge is -2.29. The van der Waals surface area contributed by atoms with Crippen LogP contribution in [0, 0.1) is 0 Å². The predicted octanol–water partition coefficient (Wildman–Crippen LogP) is 8.39. The van der Waals surface area contributed by atoms with Crippen LogP contribution in [0.25, 0.3) is 11.4 Å². The number of methoxy groups -OCH3 is 2. The molecule has 2 saturated heterocycles. The number of esters is 1. The van der Waals surface area contributed by atoms with Crippen LogP contribution < -0.4 is 34.8 Å². The van der Waals surface area contributed by atoms with E-state index in [1.54, 1.807) is 89.3 Å². The van der Waals surface area contributed by atoms with Crippen molar-refractivity contribution in [2.24, 2.45) is 5.73 Å². The van der Waals surface area contributed by atoms with Gasteiger partial charge in [-0.25, -0.2) is 14.2 Å². The van der Waals surface area contributed by atoms with E-state index < -0.39 is 11.9 Å². The molecule has 0 atom stereocenters. The molecule has 4 aromatic carbocycles. The fraction of sp³-hybridized carbons (Fsp3) is 0.345. The normalized spacial score (nSPS) is 15.1. The number of nitrogens with zero attached hydrogens (tertiary/aromatic N) is 8. The first-order chi connectivity index (χ1) is 34.0. The van der Waals surface area contributed by atoms with Crippen LogP contribution >= 0.6 is 0 Å². The second kappa shape index (κ2) is 23.3. The first kappa shape index (κ1) is 54.1. The van der Waals surface area contributed by atoms with Gasteiger partial charge in [-0.15, -0.1) is 0 Å². The van der Waals surface area contributed by atoms with Crippen molar-refractivity contribution in [2.75, 3.05) is 66.6 Å². The Hall–Kier alpha value is -8.28. The largest absolute Gasteiger partial charge is 0.497 e. The molecule has 2 fully saturated rings. The number of primary amides is 1. The molecule has 18 heteroatoms. The van der Waals surface area contributed by atoms with Gasteiger partial charge in [-0.05, 0) is 143 Å². The van der Waals surface area contributed by atoms with E-state index in [0.717, 1.165) is 42.7 Å². The first-order valence-corrected chi connectivity index (χ1v) is 23.4. The SMILES string of the molecule is C.C.C.CCOC(=O)c1nn(-c2ccc(OC)cc2)c2c1CCN(c1ccc(N3CCCCC3=O)cc1)C2=O.COc1ccc(-n2nc(C(N)=O)c3c2C(=O)N(c2ccc(N4CCCCC4=O)cc2)CC3)cc1. The van der Waals surface area contributed by atoms with Crippen molar-refractivity contribution in [3.63, 3.8) is 0 Å². The molecule has 2 aromatic heterocycles. The standard InChI is InChI=1S/C27H28N4O5.C25H25N5O4.3CH4/c1-3-36-27(34)24-22-15-17-30(19-9-7-18(8-10-19)29-16-5-4-6-23(29)32)26(33)25(22)31(28-24)20-11-13-21(35-2)14-12-20;1-34-19-11-9-18(10-12-19)30-23-20(22(27-30)24(26)32)13-15-29(25(23)33)17-7-5-16(6-8-17)28-14-3-2-4-21(28)31;;;/h7-14H,3-6,15-17H2,1-2H3;5-12H,2-4,13-15H2,1H3,(H2,26,32);3*1H4. The number of piperidine rings is 2.